The predicted molar refractivity (Wildman–Crippen MR) is 141 cm³/mol. The second-order valence-corrected chi connectivity index (χ2v) is 10.1. The normalized spacial score (nSPS) is 20.9. The molecule has 0 aromatic heterocycles. The Morgan fingerprint density at radius 2 is 1.43 bits per heavy atom. The molecule has 3 heterocycles. The van der Waals surface area contributed by atoms with Gasteiger partial charge in [0.15, 0.2) is 0 Å². The topological polar surface area (TPSA) is 62.3 Å². The Kier molecular flexibility index (Phi) is 6.08. The van der Waals surface area contributed by atoms with E-state index in [4.69, 9.17) is 9.47 Å². The van der Waals surface area contributed by atoms with Crippen molar-refractivity contribution in [1.82, 2.24) is 9.80 Å². The fraction of sp³-hybridized carbons (Fsp3) is 0.333. The van der Waals surface area contributed by atoms with Crippen molar-refractivity contribution in [1.29, 1.82) is 0 Å². The van der Waals surface area contributed by atoms with E-state index in [1.165, 1.54) is 10.5 Å². The molecule has 0 spiro atoms. The zero-order valence-corrected chi connectivity index (χ0v) is 21.2. The minimum absolute atomic E-state index is 0.162. The van der Waals surface area contributed by atoms with Gasteiger partial charge >= 0.3 is 0 Å². The summed E-state index contributed by atoms with van der Waals surface area (Å²) in [6.45, 7) is 2.82. The van der Waals surface area contributed by atoms with Gasteiger partial charge in [-0.05, 0) is 48.2 Å². The van der Waals surface area contributed by atoms with Crippen LogP contribution in [0.15, 0.2) is 66.7 Å². The number of methoxy groups -OCH3 is 2. The summed E-state index contributed by atoms with van der Waals surface area (Å²) in [5, 5.41) is 0. The lowest BCUT2D eigenvalue weighted by Crippen LogP contribution is -2.53. The maximum absolute atomic E-state index is 13.7. The Morgan fingerprint density at radius 3 is 2.08 bits per heavy atom. The summed E-state index contributed by atoms with van der Waals surface area (Å²) in [6, 6.07) is 22.6. The molecule has 2 bridgehead atoms. The van der Waals surface area contributed by atoms with Crippen LogP contribution in [0, 0.1) is 0 Å². The van der Waals surface area contributed by atoms with Gasteiger partial charge in [-0.2, -0.15) is 0 Å². The second kappa shape index (κ2) is 9.56. The van der Waals surface area contributed by atoms with Crippen molar-refractivity contribution in [2.75, 3.05) is 32.2 Å². The molecule has 3 aliphatic heterocycles. The highest BCUT2D eigenvalue weighted by molar-refractivity contribution is 6.23. The third-order valence-corrected chi connectivity index (χ3v) is 7.91. The Balaban J connectivity index is 1.24. The molecule has 0 aliphatic carbocycles. The van der Waals surface area contributed by atoms with Gasteiger partial charge in [-0.1, -0.05) is 36.4 Å². The van der Waals surface area contributed by atoms with Crippen LogP contribution < -0.4 is 14.4 Å². The third kappa shape index (κ3) is 4.23. The van der Waals surface area contributed by atoms with E-state index in [0.717, 1.165) is 43.7 Å². The number of imide groups is 1. The summed E-state index contributed by atoms with van der Waals surface area (Å²) in [4.78, 5) is 33.3. The predicted octanol–water partition coefficient (Wildman–Crippen LogP) is 4.35. The van der Waals surface area contributed by atoms with E-state index in [0.29, 0.717) is 34.7 Å². The molecule has 2 atom stereocenters. The molecule has 2 fully saturated rings. The van der Waals surface area contributed by atoms with E-state index in [1.54, 1.807) is 26.4 Å². The van der Waals surface area contributed by atoms with E-state index in [-0.39, 0.29) is 18.4 Å². The van der Waals surface area contributed by atoms with Gasteiger partial charge in [-0.3, -0.25) is 19.4 Å². The molecule has 7 heteroatoms. The number of amides is 2. The van der Waals surface area contributed by atoms with Gasteiger partial charge in [0.25, 0.3) is 11.8 Å². The number of benzene rings is 3. The van der Waals surface area contributed by atoms with Crippen molar-refractivity contribution < 1.29 is 19.1 Å². The maximum Gasteiger partial charge on any atom is 0.263 e. The zero-order chi connectivity index (χ0) is 25.5. The van der Waals surface area contributed by atoms with Crippen LogP contribution in [0.2, 0.25) is 0 Å². The van der Waals surface area contributed by atoms with Gasteiger partial charge in [-0.15, -0.1) is 0 Å². The first kappa shape index (κ1) is 23.6. The summed E-state index contributed by atoms with van der Waals surface area (Å²) in [5.41, 5.74) is 3.99. The number of hydrogen-bond acceptors (Lipinski definition) is 6. The number of carbonyl (C=O) groups excluding carboxylic acids is 2. The van der Waals surface area contributed by atoms with E-state index >= 15 is 0 Å². The lowest BCUT2D eigenvalue weighted by atomic mass is 10.0. The second-order valence-electron chi connectivity index (χ2n) is 10.1. The third-order valence-electron chi connectivity index (χ3n) is 7.91. The van der Waals surface area contributed by atoms with Crippen LogP contribution in [0.1, 0.15) is 44.7 Å². The molecule has 0 saturated carbocycles. The Hall–Kier alpha value is -3.84. The minimum atomic E-state index is -0.255. The number of piperazine rings is 1. The number of hydrogen-bond donors (Lipinski definition) is 0. The van der Waals surface area contributed by atoms with E-state index in [9.17, 15) is 9.59 Å². The van der Waals surface area contributed by atoms with Crippen molar-refractivity contribution in [2.24, 2.45) is 0 Å². The standard InChI is InChI=1S/C30H31N3O4/c1-36-24-13-21(14-25(15-24)37-2)17-33-29(34)26-9-6-10-27(28(26)30(33)35)31-18-22-11-12-23(19-31)32(22)16-20-7-4-3-5-8-20/h3-10,13-15,22-23H,11-12,16-19H2,1-2H3. The van der Waals surface area contributed by atoms with Crippen LogP contribution in [0.3, 0.4) is 0 Å². The molecule has 6 rings (SSSR count). The van der Waals surface area contributed by atoms with Gasteiger partial charge in [0, 0.05) is 37.8 Å². The highest BCUT2D eigenvalue weighted by atomic mass is 16.5. The van der Waals surface area contributed by atoms with Gasteiger partial charge in [0.05, 0.1) is 37.6 Å². The van der Waals surface area contributed by atoms with Crippen LogP contribution in [0.5, 0.6) is 11.5 Å². The Bertz CT molecular complexity index is 1310. The first-order valence-electron chi connectivity index (χ1n) is 12.8. The highest BCUT2D eigenvalue weighted by Gasteiger charge is 2.43. The van der Waals surface area contributed by atoms with E-state index in [1.807, 2.05) is 24.3 Å². The van der Waals surface area contributed by atoms with Crippen LogP contribution in [0.4, 0.5) is 5.69 Å². The minimum Gasteiger partial charge on any atom is -0.497 e. The average molecular weight is 498 g/mol. The van der Waals surface area contributed by atoms with E-state index < -0.39 is 0 Å². The first-order valence-corrected chi connectivity index (χ1v) is 12.8. The molecule has 3 aliphatic rings. The number of carbonyl (C=O) groups is 2. The van der Waals surface area contributed by atoms with Crippen LogP contribution in [-0.4, -0.2) is 61.0 Å². The summed E-state index contributed by atoms with van der Waals surface area (Å²) in [5.74, 6) is 0.747. The van der Waals surface area contributed by atoms with Crippen LogP contribution in [0.25, 0.3) is 0 Å². The fourth-order valence-electron chi connectivity index (χ4n) is 6.10. The molecule has 2 saturated heterocycles. The van der Waals surface area contributed by atoms with Gasteiger partial charge in [0.2, 0.25) is 0 Å². The lowest BCUT2D eigenvalue weighted by Gasteiger charge is -2.42. The van der Waals surface area contributed by atoms with Gasteiger partial charge in [-0.25, -0.2) is 0 Å². The van der Waals surface area contributed by atoms with Gasteiger partial charge in [0.1, 0.15) is 11.5 Å². The monoisotopic (exact) mass is 497 g/mol. The number of nitrogens with zero attached hydrogens (tertiary/aromatic N) is 3. The Morgan fingerprint density at radius 1 is 0.757 bits per heavy atom. The molecule has 2 unspecified atom stereocenters. The van der Waals surface area contributed by atoms with Crippen molar-refractivity contribution >= 4 is 17.5 Å². The summed E-state index contributed by atoms with van der Waals surface area (Å²) in [7, 11) is 3.17. The molecular weight excluding hydrogens is 466 g/mol. The van der Waals surface area contributed by atoms with Crippen LogP contribution in [-0.2, 0) is 13.1 Å². The van der Waals surface area contributed by atoms with E-state index in [2.05, 4.69) is 40.1 Å². The maximum atomic E-state index is 13.7. The molecule has 37 heavy (non-hydrogen) atoms. The molecule has 190 valence electrons. The van der Waals surface area contributed by atoms with Crippen molar-refractivity contribution in [3.05, 3.63) is 89.0 Å². The SMILES string of the molecule is COc1cc(CN2C(=O)c3cccc(N4CC5CCC(C4)N5Cc4ccccc4)c3C2=O)cc(OC)c1. The lowest BCUT2D eigenvalue weighted by molar-refractivity contribution is 0.0642. The quantitative estimate of drug-likeness (QED) is 0.452. The number of fused-ring (bicyclic) bond motifs is 3. The molecule has 0 radical (unpaired) electrons. The summed E-state index contributed by atoms with van der Waals surface area (Å²) < 4.78 is 10.7. The average Bonchev–Trinajstić information content (AvgIpc) is 3.30. The largest absolute Gasteiger partial charge is 0.497 e. The first-order chi connectivity index (χ1) is 18.1. The smallest absolute Gasteiger partial charge is 0.263 e. The number of rotatable bonds is 7. The molecular formula is C30H31N3O4. The molecule has 3 aromatic carbocycles. The Labute approximate surface area is 217 Å². The van der Waals surface area contributed by atoms with Crippen molar-refractivity contribution in [3.8, 4) is 11.5 Å². The number of ether oxygens (including phenoxy) is 2. The molecule has 3 aromatic rings. The summed E-state index contributed by atoms with van der Waals surface area (Å²) >= 11 is 0. The van der Waals surface area contributed by atoms with Gasteiger partial charge < -0.3 is 14.4 Å². The summed E-state index contributed by atoms with van der Waals surface area (Å²) in [6.07, 6.45) is 2.30. The van der Waals surface area contributed by atoms with Crippen molar-refractivity contribution in [2.45, 2.75) is 38.0 Å². The number of anilines is 1. The molecule has 2 amide bonds. The molecule has 7 nitrogen and oxygen atoms in total. The highest BCUT2D eigenvalue weighted by Crippen LogP contribution is 2.38. The molecule has 0 N–H and O–H groups in total. The van der Waals surface area contributed by atoms with Crippen LogP contribution >= 0.6 is 0 Å². The zero-order valence-electron chi connectivity index (χ0n) is 21.2. The van der Waals surface area contributed by atoms with Crippen molar-refractivity contribution in [3.63, 3.8) is 0 Å². The fourth-order valence-corrected chi connectivity index (χ4v) is 6.10.